The minimum Gasteiger partial charge on any atom is -0.504 e. The Labute approximate surface area is 179 Å². The SMILES string of the molecule is N#C/C(=C\c1ccccc1)C(=O)NCCCNC(=O)/C(C#N)=C/c1ccc(O)c(O)c1. The van der Waals surface area contributed by atoms with Crippen molar-refractivity contribution < 1.29 is 19.8 Å². The van der Waals surface area contributed by atoms with E-state index in [-0.39, 0.29) is 35.7 Å². The first kappa shape index (κ1) is 22.7. The quantitative estimate of drug-likeness (QED) is 0.225. The predicted octanol–water partition coefficient (Wildman–Crippen LogP) is 2.23. The van der Waals surface area contributed by atoms with E-state index in [9.17, 15) is 30.3 Å². The number of hydrogen-bond donors (Lipinski definition) is 4. The molecule has 0 aliphatic rings. The first-order chi connectivity index (χ1) is 14.9. The third-order valence-electron chi connectivity index (χ3n) is 4.08. The smallest absolute Gasteiger partial charge is 0.261 e. The van der Waals surface area contributed by atoms with E-state index in [0.717, 1.165) is 5.56 Å². The summed E-state index contributed by atoms with van der Waals surface area (Å²) in [5.74, 6) is -1.79. The molecule has 8 heteroatoms. The number of nitrogens with zero attached hydrogens (tertiary/aromatic N) is 2. The van der Waals surface area contributed by atoms with Crippen molar-refractivity contribution in [3.8, 4) is 23.6 Å². The molecule has 0 radical (unpaired) electrons. The fraction of sp³-hybridized carbons (Fsp3) is 0.130. The molecule has 0 aliphatic heterocycles. The normalized spacial score (nSPS) is 11.2. The first-order valence-electron chi connectivity index (χ1n) is 9.31. The molecule has 2 aromatic carbocycles. The Morgan fingerprint density at radius 2 is 1.35 bits per heavy atom. The lowest BCUT2D eigenvalue weighted by atomic mass is 10.1. The van der Waals surface area contributed by atoms with Gasteiger partial charge < -0.3 is 20.8 Å². The molecule has 0 atom stereocenters. The third kappa shape index (κ3) is 7.08. The Morgan fingerprint density at radius 3 is 1.87 bits per heavy atom. The number of benzene rings is 2. The molecule has 0 heterocycles. The minimum atomic E-state index is -0.608. The van der Waals surface area contributed by atoms with Crippen molar-refractivity contribution in [3.63, 3.8) is 0 Å². The van der Waals surface area contributed by atoms with Gasteiger partial charge in [-0.25, -0.2) is 0 Å². The lowest BCUT2D eigenvalue weighted by Gasteiger charge is -2.06. The Morgan fingerprint density at radius 1 is 0.806 bits per heavy atom. The van der Waals surface area contributed by atoms with Gasteiger partial charge >= 0.3 is 0 Å². The van der Waals surface area contributed by atoms with Crippen LogP contribution in [0.15, 0.2) is 59.7 Å². The highest BCUT2D eigenvalue weighted by Gasteiger charge is 2.11. The van der Waals surface area contributed by atoms with Crippen LogP contribution in [0.25, 0.3) is 12.2 Å². The summed E-state index contributed by atoms with van der Waals surface area (Å²) in [6, 6.07) is 16.6. The molecular weight excluding hydrogens is 396 g/mol. The van der Waals surface area contributed by atoms with Crippen LogP contribution in [0.5, 0.6) is 11.5 Å². The fourth-order valence-corrected chi connectivity index (χ4v) is 2.49. The van der Waals surface area contributed by atoms with Crippen LogP contribution in [0, 0.1) is 22.7 Å². The van der Waals surface area contributed by atoms with Gasteiger partial charge in [0.25, 0.3) is 11.8 Å². The van der Waals surface area contributed by atoms with Crippen molar-refractivity contribution in [2.24, 2.45) is 0 Å². The first-order valence-corrected chi connectivity index (χ1v) is 9.31. The molecule has 0 spiro atoms. The number of carbonyl (C=O) groups is 2. The number of nitriles is 2. The molecule has 31 heavy (non-hydrogen) atoms. The highest BCUT2D eigenvalue weighted by molar-refractivity contribution is 6.02. The van der Waals surface area contributed by atoms with Gasteiger partial charge in [-0.3, -0.25) is 9.59 Å². The summed E-state index contributed by atoms with van der Waals surface area (Å²) in [5.41, 5.74) is 0.913. The van der Waals surface area contributed by atoms with Gasteiger partial charge in [-0.2, -0.15) is 10.5 Å². The van der Waals surface area contributed by atoms with Crippen molar-refractivity contribution in [2.75, 3.05) is 13.1 Å². The van der Waals surface area contributed by atoms with E-state index in [1.54, 1.807) is 30.3 Å². The number of rotatable bonds is 8. The highest BCUT2D eigenvalue weighted by atomic mass is 16.3. The van der Waals surface area contributed by atoms with Crippen LogP contribution in [0.1, 0.15) is 17.5 Å². The van der Waals surface area contributed by atoms with Gasteiger partial charge in [0.1, 0.15) is 23.3 Å². The van der Waals surface area contributed by atoms with E-state index in [1.807, 2.05) is 12.1 Å². The maximum Gasteiger partial charge on any atom is 0.261 e. The van der Waals surface area contributed by atoms with E-state index in [1.165, 1.54) is 30.4 Å². The van der Waals surface area contributed by atoms with Crippen LogP contribution in [-0.4, -0.2) is 35.1 Å². The van der Waals surface area contributed by atoms with Gasteiger partial charge in [0.2, 0.25) is 0 Å². The van der Waals surface area contributed by atoms with Gasteiger partial charge in [0.05, 0.1) is 0 Å². The van der Waals surface area contributed by atoms with Crippen LogP contribution >= 0.6 is 0 Å². The standard InChI is InChI=1S/C23H20N4O4/c24-14-18(11-16-5-2-1-3-6-16)22(30)26-9-4-10-27-23(31)19(15-25)12-17-7-8-20(28)21(29)13-17/h1-3,5-8,11-13,28-29H,4,9-10H2,(H,26,30)(H,27,31)/b18-11+,19-12+. The van der Waals surface area contributed by atoms with Crippen molar-refractivity contribution in [2.45, 2.75) is 6.42 Å². The molecule has 156 valence electrons. The molecule has 8 nitrogen and oxygen atoms in total. The molecule has 0 aliphatic carbocycles. The Hall–Kier alpha value is -4.56. The van der Waals surface area contributed by atoms with E-state index >= 15 is 0 Å². The maximum absolute atomic E-state index is 12.1. The van der Waals surface area contributed by atoms with Crippen molar-refractivity contribution in [1.29, 1.82) is 10.5 Å². The zero-order valence-corrected chi connectivity index (χ0v) is 16.5. The van der Waals surface area contributed by atoms with Crippen LogP contribution in [0.3, 0.4) is 0 Å². The van der Waals surface area contributed by atoms with Gasteiger partial charge in [-0.15, -0.1) is 0 Å². The van der Waals surface area contributed by atoms with Gasteiger partial charge in [-0.05, 0) is 41.8 Å². The molecule has 0 unspecified atom stereocenters. The number of carbonyl (C=O) groups excluding carboxylic acids is 2. The molecule has 0 saturated carbocycles. The van der Waals surface area contributed by atoms with Crippen LogP contribution in [-0.2, 0) is 9.59 Å². The third-order valence-corrected chi connectivity index (χ3v) is 4.08. The topological polar surface area (TPSA) is 146 Å². The second-order valence-electron chi connectivity index (χ2n) is 6.36. The number of amides is 2. The summed E-state index contributed by atoms with van der Waals surface area (Å²) < 4.78 is 0. The largest absolute Gasteiger partial charge is 0.504 e. The lowest BCUT2D eigenvalue weighted by Crippen LogP contribution is -2.30. The van der Waals surface area contributed by atoms with E-state index < -0.39 is 11.8 Å². The Bertz CT molecular complexity index is 1090. The summed E-state index contributed by atoms with van der Waals surface area (Å²) in [4.78, 5) is 24.2. The average Bonchev–Trinajstić information content (AvgIpc) is 2.78. The van der Waals surface area contributed by atoms with E-state index in [4.69, 9.17) is 0 Å². The molecule has 2 amide bonds. The Kier molecular flexibility index (Phi) is 8.39. The molecule has 4 N–H and O–H groups in total. The number of phenolic OH excluding ortho intramolecular Hbond substituents is 2. The number of aromatic hydroxyl groups is 2. The molecule has 0 saturated heterocycles. The van der Waals surface area contributed by atoms with Crippen LogP contribution < -0.4 is 10.6 Å². The molecular formula is C23H20N4O4. The molecule has 0 fully saturated rings. The van der Waals surface area contributed by atoms with E-state index in [0.29, 0.717) is 12.0 Å². The lowest BCUT2D eigenvalue weighted by molar-refractivity contribution is -0.117. The maximum atomic E-state index is 12.1. The van der Waals surface area contributed by atoms with E-state index in [2.05, 4.69) is 10.6 Å². The molecule has 0 aromatic heterocycles. The van der Waals surface area contributed by atoms with Crippen LogP contribution in [0.4, 0.5) is 0 Å². The Balaban J connectivity index is 1.82. The summed E-state index contributed by atoms with van der Waals surface area (Å²) >= 11 is 0. The molecule has 0 bridgehead atoms. The van der Waals surface area contributed by atoms with Crippen LogP contribution in [0.2, 0.25) is 0 Å². The minimum absolute atomic E-state index is 0.0258. The van der Waals surface area contributed by atoms with Gasteiger partial charge in [-0.1, -0.05) is 36.4 Å². The van der Waals surface area contributed by atoms with Gasteiger partial charge in [0, 0.05) is 13.1 Å². The number of nitrogens with one attached hydrogen (secondary N) is 2. The summed E-state index contributed by atoms with van der Waals surface area (Å²) in [6.45, 7) is 0.424. The summed E-state index contributed by atoms with van der Waals surface area (Å²) in [6.07, 6.45) is 3.16. The molecule has 2 rings (SSSR count). The van der Waals surface area contributed by atoms with Gasteiger partial charge in [0.15, 0.2) is 11.5 Å². The summed E-state index contributed by atoms with van der Waals surface area (Å²) in [7, 11) is 0. The average molecular weight is 416 g/mol. The highest BCUT2D eigenvalue weighted by Crippen LogP contribution is 2.25. The molecule has 2 aromatic rings. The van der Waals surface area contributed by atoms with Crippen molar-refractivity contribution >= 4 is 24.0 Å². The second-order valence-corrected chi connectivity index (χ2v) is 6.36. The predicted molar refractivity (Wildman–Crippen MR) is 114 cm³/mol. The van der Waals surface area contributed by atoms with Crippen molar-refractivity contribution in [1.82, 2.24) is 10.6 Å². The zero-order valence-electron chi connectivity index (χ0n) is 16.5. The summed E-state index contributed by atoms with van der Waals surface area (Å²) in [5, 5.41) is 42.3. The zero-order chi connectivity index (χ0) is 22.6. The second kappa shape index (κ2) is 11.4. The number of phenols is 2. The number of hydrogen-bond acceptors (Lipinski definition) is 6. The fourth-order valence-electron chi connectivity index (χ4n) is 2.49. The monoisotopic (exact) mass is 416 g/mol. The van der Waals surface area contributed by atoms with Crippen molar-refractivity contribution in [3.05, 3.63) is 70.8 Å².